The van der Waals surface area contributed by atoms with Crippen molar-refractivity contribution in [1.29, 1.82) is 0 Å². The van der Waals surface area contributed by atoms with Gasteiger partial charge in [-0.1, -0.05) is 24.9 Å². The van der Waals surface area contributed by atoms with Gasteiger partial charge in [0, 0.05) is 4.90 Å². The monoisotopic (exact) mass is 319 g/mol. The lowest BCUT2D eigenvalue weighted by atomic mass is 10.3. The van der Waals surface area contributed by atoms with E-state index < -0.39 is 11.1 Å². The van der Waals surface area contributed by atoms with Crippen LogP contribution >= 0.6 is 35.6 Å². The second-order valence-corrected chi connectivity index (χ2v) is 5.06. The highest BCUT2D eigenvalue weighted by Gasteiger charge is 2.13. The molecule has 1 aromatic carbocycles. The van der Waals surface area contributed by atoms with Gasteiger partial charge in [0.25, 0.3) is 0 Å². The van der Waals surface area contributed by atoms with Crippen LogP contribution in [0.1, 0.15) is 19.8 Å². The number of rotatable bonds is 5. The average molecular weight is 320 g/mol. The molecule has 3 nitrogen and oxygen atoms in total. The molecular weight excluding hydrogens is 309 g/mol. The zero-order valence-electron chi connectivity index (χ0n) is 10.1. The zero-order chi connectivity index (χ0) is 14.3. The Morgan fingerprint density at radius 1 is 1.63 bits per heavy atom. The van der Waals surface area contributed by atoms with Gasteiger partial charge in [-0.25, -0.2) is 9.18 Å². The van der Waals surface area contributed by atoms with Gasteiger partial charge in [-0.2, -0.15) is 4.99 Å². The molecule has 0 aliphatic rings. The van der Waals surface area contributed by atoms with Crippen LogP contribution in [0.2, 0.25) is 5.02 Å². The summed E-state index contributed by atoms with van der Waals surface area (Å²) in [5.41, 5.74) is -0.0109. The maximum Gasteiger partial charge on any atom is 0.372 e. The third kappa shape index (κ3) is 5.28. The molecule has 0 atom stereocenters. The minimum atomic E-state index is -0.619. The maximum atomic E-state index is 13.4. The molecule has 0 N–H and O–H groups in total. The van der Waals surface area contributed by atoms with Gasteiger partial charge < -0.3 is 4.74 Å². The lowest BCUT2D eigenvalue weighted by Crippen LogP contribution is -1.99. The molecule has 1 rings (SSSR count). The maximum absolute atomic E-state index is 13.4. The Labute approximate surface area is 125 Å². The van der Waals surface area contributed by atoms with Gasteiger partial charge in [0.2, 0.25) is 0 Å². The summed E-state index contributed by atoms with van der Waals surface area (Å²) in [5, 5.41) is 1.70. The highest BCUT2D eigenvalue weighted by Crippen LogP contribution is 2.34. The molecule has 0 bridgehead atoms. The first-order valence-electron chi connectivity index (χ1n) is 5.50. The van der Waals surface area contributed by atoms with Gasteiger partial charge >= 0.3 is 5.30 Å². The Morgan fingerprint density at radius 2 is 2.37 bits per heavy atom. The fraction of sp³-hybridized carbons (Fsp3) is 0.333. The number of carbonyl (C=O) groups is 1. The molecule has 0 heterocycles. The first-order valence-corrected chi connectivity index (χ1v) is 7.10. The smallest absolute Gasteiger partial charge is 0.372 e. The first kappa shape index (κ1) is 16.1. The van der Waals surface area contributed by atoms with Crippen LogP contribution in [0.4, 0.5) is 14.9 Å². The number of thioether (sulfide) groups is 1. The SMILES string of the molecule is CCCCOC(=O)Sc1cc(N=C=S)c(F)cc1Cl. The molecule has 102 valence electrons. The standard InChI is InChI=1S/C12H11ClFNO2S2/c1-2-3-4-17-12(16)19-11-6-10(15-7-18)9(14)5-8(11)13/h5-6H,2-4H2,1H3. The molecule has 0 unspecified atom stereocenters. The number of aliphatic imine (C=N–C) groups is 1. The number of carbonyl (C=O) groups excluding carboxylic acids is 1. The Bertz CT molecular complexity index is 519. The topological polar surface area (TPSA) is 38.7 Å². The van der Waals surface area contributed by atoms with Gasteiger partial charge in [-0.05, 0) is 42.5 Å². The van der Waals surface area contributed by atoms with Gasteiger partial charge in [0.15, 0.2) is 5.82 Å². The summed E-state index contributed by atoms with van der Waals surface area (Å²) < 4.78 is 18.4. The minimum Gasteiger partial charge on any atom is -0.457 e. The second-order valence-electron chi connectivity index (χ2n) is 3.49. The van der Waals surface area contributed by atoms with E-state index in [0.717, 1.165) is 30.7 Å². The van der Waals surface area contributed by atoms with E-state index in [9.17, 15) is 9.18 Å². The summed E-state index contributed by atoms with van der Waals surface area (Å²) in [5.74, 6) is -0.619. The van der Waals surface area contributed by atoms with E-state index in [-0.39, 0.29) is 10.7 Å². The van der Waals surface area contributed by atoms with Gasteiger partial charge in [-0.15, -0.1) is 0 Å². The summed E-state index contributed by atoms with van der Waals surface area (Å²) in [4.78, 5) is 15.4. The molecular formula is C12H11ClFNO2S2. The summed E-state index contributed by atoms with van der Waals surface area (Å²) >= 11 is 11.1. The molecule has 0 radical (unpaired) electrons. The molecule has 0 saturated heterocycles. The van der Waals surface area contributed by atoms with Crippen LogP contribution in [0.15, 0.2) is 22.0 Å². The van der Waals surface area contributed by atoms with Crippen LogP contribution in [0, 0.1) is 5.82 Å². The third-order valence-corrected chi connectivity index (χ3v) is 3.44. The van der Waals surface area contributed by atoms with E-state index in [1.54, 1.807) is 0 Å². The van der Waals surface area contributed by atoms with E-state index >= 15 is 0 Å². The summed E-state index contributed by atoms with van der Waals surface area (Å²) in [7, 11) is 0. The number of isothiocyanates is 1. The van der Waals surface area contributed by atoms with Crippen LogP contribution in [-0.2, 0) is 4.74 Å². The second kappa shape index (κ2) is 8.27. The molecule has 0 spiro atoms. The fourth-order valence-electron chi connectivity index (χ4n) is 1.15. The van der Waals surface area contributed by atoms with Crippen molar-refractivity contribution in [3.8, 4) is 0 Å². The Morgan fingerprint density at radius 3 is 3.00 bits per heavy atom. The Kier molecular flexibility index (Phi) is 7.02. The average Bonchev–Trinajstić information content (AvgIpc) is 2.35. The van der Waals surface area contributed by atoms with Crippen molar-refractivity contribution in [3.05, 3.63) is 23.0 Å². The number of unbranched alkanes of at least 4 members (excludes halogenated alkanes) is 1. The number of hydrogen-bond donors (Lipinski definition) is 0. The van der Waals surface area contributed by atoms with Gasteiger partial charge in [-0.3, -0.25) is 0 Å². The number of hydrogen-bond acceptors (Lipinski definition) is 5. The number of ether oxygens (including phenoxy) is 1. The molecule has 0 amide bonds. The third-order valence-electron chi connectivity index (χ3n) is 2.08. The summed E-state index contributed by atoms with van der Waals surface area (Å²) in [6.45, 7) is 2.35. The zero-order valence-corrected chi connectivity index (χ0v) is 12.5. The number of nitrogens with zero attached hydrogens (tertiary/aromatic N) is 1. The van der Waals surface area contributed by atoms with Crippen molar-refractivity contribution < 1.29 is 13.9 Å². The molecule has 0 aliphatic heterocycles. The van der Waals surface area contributed by atoms with E-state index in [4.69, 9.17) is 16.3 Å². The minimum absolute atomic E-state index is 0.0109. The van der Waals surface area contributed by atoms with Crippen LogP contribution in [0.3, 0.4) is 0 Å². The predicted molar refractivity (Wildman–Crippen MR) is 78.2 cm³/mol. The van der Waals surface area contributed by atoms with Gasteiger partial charge in [0.05, 0.1) is 16.8 Å². The van der Waals surface area contributed by atoms with Crippen molar-refractivity contribution in [2.45, 2.75) is 24.7 Å². The number of thiocarbonyl (C=S) groups is 1. The van der Waals surface area contributed by atoms with Gasteiger partial charge in [0.1, 0.15) is 5.69 Å². The molecule has 0 aromatic heterocycles. The summed E-state index contributed by atoms with van der Waals surface area (Å²) in [6.07, 6.45) is 1.73. The van der Waals surface area contributed by atoms with Crippen molar-refractivity contribution in [3.63, 3.8) is 0 Å². The molecule has 0 saturated carbocycles. The van der Waals surface area contributed by atoms with Crippen molar-refractivity contribution >= 4 is 51.7 Å². The molecule has 19 heavy (non-hydrogen) atoms. The summed E-state index contributed by atoms with van der Waals surface area (Å²) in [6, 6.07) is 2.41. The quantitative estimate of drug-likeness (QED) is 0.244. The van der Waals surface area contributed by atoms with Crippen molar-refractivity contribution in [2.24, 2.45) is 4.99 Å². The molecule has 0 aliphatic carbocycles. The largest absolute Gasteiger partial charge is 0.457 e. The molecule has 1 aromatic rings. The normalized spacial score (nSPS) is 9.84. The van der Waals surface area contributed by atoms with E-state index in [0.29, 0.717) is 11.5 Å². The molecule has 7 heteroatoms. The Balaban J connectivity index is 2.80. The van der Waals surface area contributed by atoms with Crippen LogP contribution in [0.5, 0.6) is 0 Å². The molecule has 0 fully saturated rings. The fourth-order valence-corrected chi connectivity index (χ4v) is 2.16. The lowest BCUT2D eigenvalue weighted by molar-refractivity contribution is 0.173. The van der Waals surface area contributed by atoms with Crippen molar-refractivity contribution in [2.75, 3.05) is 6.61 Å². The van der Waals surface area contributed by atoms with Crippen molar-refractivity contribution in [1.82, 2.24) is 0 Å². The lowest BCUT2D eigenvalue weighted by Gasteiger charge is -2.06. The first-order chi connectivity index (χ1) is 9.08. The van der Waals surface area contributed by atoms with E-state index in [2.05, 4.69) is 22.4 Å². The van der Waals surface area contributed by atoms with Crippen LogP contribution < -0.4 is 0 Å². The predicted octanol–water partition coefficient (Wildman–Crippen LogP) is 5.24. The number of benzene rings is 1. The van der Waals surface area contributed by atoms with E-state index in [1.165, 1.54) is 6.07 Å². The highest BCUT2D eigenvalue weighted by molar-refractivity contribution is 8.13. The van der Waals surface area contributed by atoms with Crippen LogP contribution in [0.25, 0.3) is 0 Å². The van der Waals surface area contributed by atoms with E-state index in [1.807, 2.05) is 6.92 Å². The Hall–Kier alpha value is -0.940. The highest BCUT2D eigenvalue weighted by atomic mass is 35.5. The number of halogens is 2. The van der Waals surface area contributed by atoms with Crippen LogP contribution in [-0.4, -0.2) is 17.1 Å².